The third kappa shape index (κ3) is 6.21. The fourth-order valence-electron chi connectivity index (χ4n) is 7.48. The van der Waals surface area contributed by atoms with Crippen LogP contribution in [0.25, 0.3) is 0 Å². The zero-order valence-corrected chi connectivity index (χ0v) is 33.7. The molecule has 2 aliphatic rings. The van der Waals surface area contributed by atoms with Crippen LogP contribution in [-0.4, -0.2) is 40.6 Å². The van der Waals surface area contributed by atoms with Crippen LogP contribution in [0.5, 0.6) is 0 Å². The van der Waals surface area contributed by atoms with Gasteiger partial charge < -0.3 is 18.3 Å². The zero-order valence-electron chi connectivity index (χ0n) is 30.1. The van der Waals surface area contributed by atoms with E-state index in [1.165, 1.54) is 22.7 Å². The highest BCUT2D eigenvalue weighted by Gasteiger charge is 2.79. The van der Waals surface area contributed by atoms with E-state index >= 15 is 0 Å². The molecule has 0 saturated carbocycles. The number of rotatable bonds is 5. The average Bonchev–Trinajstić information content (AvgIpc) is 3.19. The monoisotopic (exact) mass is 684 g/mol. The van der Waals surface area contributed by atoms with Gasteiger partial charge in [-0.3, -0.25) is 0 Å². The first kappa shape index (κ1) is 34.4. The standard InChI is InChI=1S/C36H61BrN4Si2/c1-32(2,3)24-38-28-20-16-17-21-29(28)39(25-33(4,5)6)42(38,36(13,14)15)43(37)40(26-34(7,8)9)30-22-18-19-23-31(30)41(43)27-35(10,11)12/h16-23H,24-27H2,1-15H3. The SMILES string of the molecule is CC(C)(C)CN1c2ccccc2N(CC(C)(C)C)[Si]1(Br)[Si]1(C(C)(C)C)N(CC(C)(C)C)c2ccccc2N1CC(C)(C)C. The van der Waals surface area contributed by atoms with E-state index in [0.717, 1.165) is 26.2 Å². The number of anilines is 4. The van der Waals surface area contributed by atoms with Gasteiger partial charge in [0.2, 0.25) is 0 Å². The second-order valence-electron chi connectivity index (χ2n) is 19.1. The number of hydrogen-bond donors (Lipinski definition) is 0. The van der Waals surface area contributed by atoms with Gasteiger partial charge in [0.15, 0.2) is 0 Å². The predicted octanol–water partition coefficient (Wildman–Crippen LogP) is 10.5. The molecule has 0 bridgehead atoms. The van der Waals surface area contributed by atoms with Crippen molar-refractivity contribution in [1.82, 2.24) is 0 Å². The molecule has 0 fully saturated rings. The van der Waals surface area contributed by atoms with Crippen LogP contribution in [0.4, 0.5) is 22.7 Å². The number of fused-ring (bicyclic) bond motifs is 2. The van der Waals surface area contributed by atoms with E-state index in [0.29, 0.717) is 0 Å². The Hall–Kier alpha value is -1.45. The maximum absolute atomic E-state index is 5.01. The Balaban J connectivity index is 2.22. The summed E-state index contributed by atoms with van der Waals surface area (Å²) in [5.74, 6) is 0. The highest BCUT2D eigenvalue weighted by atomic mass is 79.9. The average molecular weight is 686 g/mol. The van der Waals surface area contributed by atoms with Gasteiger partial charge >= 0.3 is 14.4 Å². The molecule has 0 unspecified atom stereocenters. The Labute approximate surface area is 274 Å². The molecule has 0 saturated heterocycles. The topological polar surface area (TPSA) is 13.0 Å². The van der Waals surface area contributed by atoms with Crippen molar-refractivity contribution >= 4 is 52.5 Å². The first-order valence-electron chi connectivity index (χ1n) is 16.3. The predicted molar refractivity (Wildman–Crippen MR) is 200 cm³/mol. The van der Waals surface area contributed by atoms with Crippen molar-refractivity contribution in [3.8, 4) is 0 Å². The Bertz CT molecular complexity index is 1220. The molecule has 0 aromatic heterocycles. The third-order valence-corrected chi connectivity index (χ3v) is 31.7. The molecule has 2 aromatic carbocycles. The Morgan fingerprint density at radius 3 is 0.907 bits per heavy atom. The minimum atomic E-state index is -2.78. The van der Waals surface area contributed by atoms with Crippen LogP contribution in [0.1, 0.15) is 104 Å². The highest BCUT2D eigenvalue weighted by molar-refractivity contribution is 9.28. The number of halogens is 1. The molecule has 240 valence electrons. The van der Waals surface area contributed by atoms with Crippen LogP contribution in [0.2, 0.25) is 5.04 Å². The summed E-state index contributed by atoms with van der Waals surface area (Å²) in [5, 5.41) is 0.00650. The molecule has 2 heterocycles. The van der Waals surface area contributed by atoms with Crippen molar-refractivity contribution in [3.05, 3.63) is 48.5 Å². The third-order valence-electron chi connectivity index (χ3n) is 8.44. The molecule has 0 radical (unpaired) electrons. The van der Waals surface area contributed by atoms with Gasteiger partial charge in [-0.05, 0) is 51.0 Å². The quantitative estimate of drug-likeness (QED) is 0.229. The first-order valence-corrected chi connectivity index (χ1v) is 23.4. The van der Waals surface area contributed by atoms with Gasteiger partial charge in [0.25, 0.3) is 0 Å². The van der Waals surface area contributed by atoms with Gasteiger partial charge in [-0.1, -0.05) is 143 Å². The minimum absolute atomic E-state index is 0.00650. The van der Waals surface area contributed by atoms with Crippen LogP contribution in [0, 0.1) is 21.7 Å². The summed E-state index contributed by atoms with van der Waals surface area (Å²) in [5.41, 5.74) is 6.17. The molecular formula is C36H61BrN4Si2. The lowest BCUT2D eigenvalue weighted by atomic mass is 9.96. The lowest BCUT2D eigenvalue weighted by Crippen LogP contribution is -2.90. The highest BCUT2D eigenvalue weighted by Crippen LogP contribution is 2.63. The maximum Gasteiger partial charge on any atom is 0.370 e. The number of hydrogen-bond acceptors (Lipinski definition) is 4. The van der Waals surface area contributed by atoms with Gasteiger partial charge in [0, 0.05) is 26.2 Å². The molecule has 0 N–H and O–H groups in total. The van der Waals surface area contributed by atoms with Gasteiger partial charge in [-0.2, -0.15) is 0 Å². The van der Waals surface area contributed by atoms with Gasteiger partial charge in [-0.25, -0.2) is 0 Å². The van der Waals surface area contributed by atoms with E-state index in [9.17, 15) is 0 Å². The molecule has 2 aromatic rings. The van der Waals surface area contributed by atoms with Crippen molar-refractivity contribution in [1.29, 1.82) is 0 Å². The number of para-hydroxylation sites is 4. The van der Waals surface area contributed by atoms with Crippen molar-refractivity contribution in [2.45, 2.75) is 109 Å². The fourth-order valence-corrected chi connectivity index (χ4v) is 37.6. The van der Waals surface area contributed by atoms with E-state index in [-0.39, 0.29) is 26.7 Å². The molecular weight excluding hydrogens is 624 g/mol. The smallest absolute Gasteiger partial charge is 0.370 e. The molecule has 0 spiro atoms. The van der Waals surface area contributed by atoms with E-state index in [2.05, 4.69) is 171 Å². The summed E-state index contributed by atoms with van der Waals surface area (Å²) in [6.07, 6.45) is 0. The van der Waals surface area contributed by atoms with Crippen LogP contribution in [0.3, 0.4) is 0 Å². The Morgan fingerprint density at radius 1 is 0.442 bits per heavy atom. The summed E-state index contributed by atoms with van der Waals surface area (Å²) in [6, 6.07) is 18.7. The molecule has 0 amide bonds. The summed E-state index contributed by atoms with van der Waals surface area (Å²) in [7, 11) is -2.76. The number of benzene rings is 2. The molecule has 4 nitrogen and oxygen atoms in total. The molecule has 0 aliphatic carbocycles. The van der Waals surface area contributed by atoms with Crippen molar-refractivity contribution in [3.63, 3.8) is 0 Å². The summed E-state index contributed by atoms with van der Waals surface area (Å²) in [6.45, 7) is 38.1. The normalized spacial score (nSPS) is 18.8. The molecule has 7 heteroatoms. The first-order chi connectivity index (χ1) is 19.3. The second-order valence-corrected chi connectivity index (χ2v) is 34.9. The van der Waals surface area contributed by atoms with Crippen molar-refractivity contribution in [2.24, 2.45) is 21.7 Å². The van der Waals surface area contributed by atoms with Crippen molar-refractivity contribution in [2.75, 3.05) is 44.4 Å². The molecule has 43 heavy (non-hydrogen) atoms. The van der Waals surface area contributed by atoms with Gasteiger partial charge in [0.05, 0.1) is 22.7 Å². The second kappa shape index (κ2) is 10.8. The summed E-state index contributed by atoms with van der Waals surface area (Å²) >= 11 is 5.01. The maximum atomic E-state index is 5.01. The van der Waals surface area contributed by atoms with Crippen molar-refractivity contribution < 1.29 is 0 Å². The number of nitrogens with zero attached hydrogens (tertiary/aromatic N) is 4. The van der Waals surface area contributed by atoms with E-state index in [1.54, 1.807) is 0 Å². The van der Waals surface area contributed by atoms with E-state index in [1.807, 2.05) is 0 Å². The zero-order chi connectivity index (χ0) is 32.6. The molecule has 2 aliphatic heterocycles. The molecule has 0 atom stereocenters. The fraction of sp³-hybridized carbons (Fsp3) is 0.667. The van der Waals surface area contributed by atoms with Crippen LogP contribution in [-0.2, 0) is 0 Å². The lowest BCUT2D eigenvalue weighted by Gasteiger charge is -2.62. The Kier molecular flexibility index (Phi) is 8.67. The van der Waals surface area contributed by atoms with Crippen LogP contribution < -0.4 is 18.3 Å². The van der Waals surface area contributed by atoms with E-state index < -0.39 is 14.4 Å². The lowest BCUT2D eigenvalue weighted by molar-refractivity contribution is 0.415. The molecule has 4 rings (SSSR count). The summed E-state index contributed by atoms with van der Waals surface area (Å²) < 4.78 is 11.9. The van der Waals surface area contributed by atoms with Crippen LogP contribution >= 0.6 is 15.3 Å². The summed E-state index contributed by atoms with van der Waals surface area (Å²) in [4.78, 5) is 0. The van der Waals surface area contributed by atoms with E-state index in [4.69, 9.17) is 15.3 Å². The minimum Gasteiger partial charge on any atom is -0.377 e. The van der Waals surface area contributed by atoms with Gasteiger partial charge in [-0.15, -0.1) is 0 Å². The van der Waals surface area contributed by atoms with Gasteiger partial charge in [0.1, 0.15) is 0 Å². The Morgan fingerprint density at radius 2 is 0.674 bits per heavy atom. The largest absolute Gasteiger partial charge is 0.377 e. The van der Waals surface area contributed by atoms with Crippen LogP contribution in [0.15, 0.2) is 48.5 Å².